The zero-order chi connectivity index (χ0) is 19.9. The van der Waals surface area contributed by atoms with E-state index in [0.717, 1.165) is 28.4 Å². The largest absolute Gasteiger partial charge is 0.282 e. The molecule has 1 heterocycles. The number of aryl methyl sites for hydroxylation is 1. The summed E-state index contributed by atoms with van der Waals surface area (Å²) in [4.78, 5) is -1.07. The molecular formula is C18H14F4N2O2S. The van der Waals surface area contributed by atoms with Crippen molar-refractivity contribution in [2.75, 3.05) is 6.26 Å². The number of nitrogens with zero attached hydrogens (tertiary/aromatic N) is 2. The zero-order valence-electron chi connectivity index (χ0n) is 14.2. The summed E-state index contributed by atoms with van der Waals surface area (Å²) >= 11 is 0. The van der Waals surface area contributed by atoms with Crippen molar-refractivity contribution in [2.45, 2.75) is 18.2 Å². The third-order valence-corrected chi connectivity index (χ3v) is 5.03. The van der Waals surface area contributed by atoms with Gasteiger partial charge < -0.3 is 0 Å². The molecule has 0 saturated heterocycles. The predicted octanol–water partition coefficient (Wildman–Crippen LogP) is 4.47. The lowest BCUT2D eigenvalue weighted by atomic mass is 10.1. The molecule has 0 aliphatic rings. The Kier molecular flexibility index (Phi) is 4.81. The summed E-state index contributed by atoms with van der Waals surface area (Å²) in [6.07, 6.45) is -2.21. The first-order valence-corrected chi connectivity index (χ1v) is 9.61. The van der Waals surface area contributed by atoms with Crippen LogP contribution in [0.5, 0.6) is 0 Å². The molecule has 0 spiro atoms. The number of sulfone groups is 1. The number of aromatic nitrogens is 2. The van der Waals surface area contributed by atoms with E-state index in [-0.39, 0.29) is 11.3 Å². The molecule has 0 N–H and O–H groups in total. The molecule has 1 aromatic heterocycles. The Bertz CT molecular complexity index is 1080. The molecule has 0 fully saturated rings. The van der Waals surface area contributed by atoms with Crippen LogP contribution in [0.1, 0.15) is 17.7 Å². The van der Waals surface area contributed by atoms with Crippen LogP contribution in [0.15, 0.2) is 47.4 Å². The van der Waals surface area contributed by atoms with Crippen LogP contribution < -0.4 is 0 Å². The minimum Gasteiger partial charge on any atom is -0.233 e. The fourth-order valence-corrected chi connectivity index (χ4v) is 3.48. The monoisotopic (exact) mass is 398 g/mol. The van der Waals surface area contributed by atoms with Crippen molar-refractivity contribution in [3.05, 3.63) is 65.4 Å². The highest BCUT2D eigenvalue weighted by Gasteiger charge is 2.24. The van der Waals surface area contributed by atoms with Crippen LogP contribution in [0, 0.1) is 18.6 Å². The third kappa shape index (κ3) is 3.73. The average Bonchev–Trinajstić information content (AvgIpc) is 2.99. The number of alkyl halides is 2. The van der Waals surface area contributed by atoms with Gasteiger partial charge in [-0.2, -0.15) is 5.10 Å². The Hall–Kier alpha value is -2.68. The lowest BCUT2D eigenvalue weighted by Crippen LogP contribution is -2.06. The van der Waals surface area contributed by atoms with Crippen LogP contribution in [0.25, 0.3) is 16.9 Å². The van der Waals surface area contributed by atoms with E-state index < -0.39 is 38.5 Å². The Balaban J connectivity index is 2.24. The van der Waals surface area contributed by atoms with E-state index in [4.69, 9.17) is 0 Å². The van der Waals surface area contributed by atoms with Crippen LogP contribution >= 0.6 is 0 Å². The number of hydrogen-bond acceptors (Lipinski definition) is 3. The van der Waals surface area contributed by atoms with E-state index in [1.54, 1.807) is 24.3 Å². The summed E-state index contributed by atoms with van der Waals surface area (Å²) in [6, 6.07) is 9.30. The Morgan fingerprint density at radius 2 is 1.56 bits per heavy atom. The molecule has 0 saturated carbocycles. The summed E-state index contributed by atoms with van der Waals surface area (Å²) in [7, 11) is -4.13. The first-order valence-electron chi connectivity index (χ1n) is 7.72. The molecule has 0 unspecified atom stereocenters. The number of halogens is 4. The van der Waals surface area contributed by atoms with Crippen molar-refractivity contribution in [1.82, 2.24) is 9.78 Å². The van der Waals surface area contributed by atoms with E-state index in [0.29, 0.717) is 11.9 Å². The van der Waals surface area contributed by atoms with E-state index >= 15 is 0 Å². The average molecular weight is 398 g/mol. The molecule has 0 amide bonds. The van der Waals surface area contributed by atoms with Gasteiger partial charge in [0.1, 0.15) is 22.2 Å². The Morgan fingerprint density at radius 1 is 1.00 bits per heavy atom. The SMILES string of the molecule is Cc1ccc(-n2nc(C(F)F)cc2-c2cc(F)c(S(C)(=O)=O)c(F)c2)cc1. The maximum absolute atomic E-state index is 14.2. The van der Waals surface area contributed by atoms with E-state index in [9.17, 15) is 26.0 Å². The topological polar surface area (TPSA) is 52.0 Å². The second-order valence-electron chi connectivity index (χ2n) is 6.04. The van der Waals surface area contributed by atoms with Gasteiger partial charge in [0.05, 0.1) is 11.4 Å². The number of hydrogen-bond donors (Lipinski definition) is 0. The minimum atomic E-state index is -4.13. The first-order chi connectivity index (χ1) is 12.6. The van der Waals surface area contributed by atoms with Crippen molar-refractivity contribution in [3.63, 3.8) is 0 Å². The van der Waals surface area contributed by atoms with Gasteiger partial charge >= 0.3 is 0 Å². The minimum absolute atomic E-state index is 0.00649. The highest BCUT2D eigenvalue weighted by atomic mass is 32.2. The van der Waals surface area contributed by atoms with Crippen LogP contribution in [0.3, 0.4) is 0 Å². The van der Waals surface area contributed by atoms with Gasteiger partial charge in [-0.25, -0.2) is 30.7 Å². The molecule has 0 aliphatic carbocycles. The molecule has 9 heteroatoms. The fourth-order valence-electron chi connectivity index (χ4n) is 2.66. The van der Waals surface area contributed by atoms with Gasteiger partial charge in [-0.1, -0.05) is 17.7 Å². The standard InChI is InChI=1S/C18H14F4N2O2S/c1-10-3-5-12(6-4-10)24-16(9-15(23-24)18(21)22)11-7-13(19)17(14(20)8-11)27(2,25)26/h3-9,18H,1-2H3. The maximum atomic E-state index is 14.2. The van der Waals surface area contributed by atoms with Crippen LogP contribution in [0.4, 0.5) is 17.6 Å². The van der Waals surface area contributed by atoms with Gasteiger partial charge in [-0.15, -0.1) is 0 Å². The molecule has 142 valence electrons. The molecule has 2 aromatic carbocycles. The fraction of sp³-hybridized carbons (Fsp3) is 0.167. The van der Waals surface area contributed by atoms with Crippen molar-refractivity contribution in [3.8, 4) is 16.9 Å². The van der Waals surface area contributed by atoms with Gasteiger partial charge in [0, 0.05) is 11.8 Å². The van der Waals surface area contributed by atoms with Gasteiger partial charge in [0.15, 0.2) is 9.84 Å². The highest BCUT2D eigenvalue weighted by molar-refractivity contribution is 7.90. The van der Waals surface area contributed by atoms with Crippen LogP contribution in [0.2, 0.25) is 0 Å². The molecule has 27 heavy (non-hydrogen) atoms. The normalized spacial score (nSPS) is 12.0. The lowest BCUT2D eigenvalue weighted by molar-refractivity contribution is 0.145. The summed E-state index contributed by atoms with van der Waals surface area (Å²) in [5, 5.41) is 3.82. The molecule has 4 nitrogen and oxygen atoms in total. The molecule has 0 radical (unpaired) electrons. The van der Waals surface area contributed by atoms with Crippen molar-refractivity contribution in [1.29, 1.82) is 0 Å². The van der Waals surface area contributed by atoms with Gasteiger partial charge in [-0.05, 0) is 37.3 Å². The molecule has 0 bridgehead atoms. The summed E-state index contributed by atoms with van der Waals surface area (Å²) in [5.41, 5.74) is 0.662. The molecule has 3 rings (SSSR count). The Labute approximate surface area is 153 Å². The summed E-state index contributed by atoms with van der Waals surface area (Å²) < 4.78 is 79.0. The number of benzene rings is 2. The quantitative estimate of drug-likeness (QED) is 0.610. The van der Waals surface area contributed by atoms with Crippen molar-refractivity contribution in [2.24, 2.45) is 0 Å². The molecule has 3 aromatic rings. The number of rotatable bonds is 4. The Morgan fingerprint density at radius 3 is 2.04 bits per heavy atom. The van der Waals surface area contributed by atoms with Gasteiger partial charge in [-0.3, -0.25) is 0 Å². The zero-order valence-corrected chi connectivity index (χ0v) is 15.1. The predicted molar refractivity (Wildman–Crippen MR) is 91.7 cm³/mol. The smallest absolute Gasteiger partial charge is 0.233 e. The second-order valence-corrected chi connectivity index (χ2v) is 8.00. The van der Waals surface area contributed by atoms with E-state index in [1.165, 1.54) is 0 Å². The lowest BCUT2D eigenvalue weighted by Gasteiger charge is -2.10. The maximum Gasteiger partial charge on any atom is 0.282 e. The van der Waals surface area contributed by atoms with Gasteiger partial charge in [0.25, 0.3) is 6.43 Å². The van der Waals surface area contributed by atoms with E-state index in [1.807, 2.05) is 6.92 Å². The second kappa shape index (κ2) is 6.80. The first kappa shape index (κ1) is 19.1. The molecular weight excluding hydrogens is 384 g/mol. The van der Waals surface area contributed by atoms with Crippen molar-refractivity contribution >= 4 is 9.84 Å². The summed E-state index contributed by atoms with van der Waals surface area (Å²) in [6.45, 7) is 1.84. The van der Waals surface area contributed by atoms with Crippen LogP contribution in [-0.4, -0.2) is 24.5 Å². The molecule has 0 aliphatic heterocycles. The molecule has 0 atom stereocenters. The van der Waals surface area contributed by atoms with Crippen LogP contribution in [-0.2, 0) is 9.84 Å². The highest BCUT2D eigenvalue weighted by Crippen LogP contribution is 2.31. The summed E-state index contributed by atoms with van der Waals surface area (Å²) in [5.74, 6) is -2.61. The van der Waals surface area contributed by atoms with E-state index in [2.05, 4.69) is 5.10 Å². The van der Waals surface area contributed by atoms with Crippen molar-refractivity contribution < 1.29 is 26.0 Å². The van der Waals surface area contributed by atoms with Gasteiger partial charge in [0.2, 0.25) is 0 Å². The third-order valence-electron chi connectivity index (χ3n) is 3.90.